The third-order valence-corrected chi connectivity index (χ3v) is 16.5. The highest BCUT2D eigenvalue weighted by molar-refractivity contribution is 6.29. The minimum absolute atomic E-state index is 1.20. The lowest BCUT2D eigenvalue weighted by Crippen LogP contribution is -1.90. The summed E-state index contributed by atoms with van der Waals surface area (Å²) in [4.78, 5) is 0. The lowest BCUT2D eigenvalue weighted by Gasteiger charge is -2.17. The van der Waals surface area contributed by atoms with Gasteiger partial charge >= 0.3 is 0 Å². The monoisotopic (exact) mass is 958 g/mol. The Bertz CT molecular complexity index is 4680. The Kier molecular flexibility index (Phi) is 9.44. The molecule has 0 aliphatic rings. The second kappa shape index (κ2) is 16.8. The quantitative estimate of drug-likeness (QED) is 0.140. The molecule has 0 heteroatoms. The zero-order valence-corrected chi connectivity index (χ0v) is 41.6. The first-order valence-corrected chi connectivity index (χ1v) is 26.5. The van der Waals surface area contributed by atoms with Crippen LogP contribution in [0.4, 0.5) is 0 Å². The van der Waals surface area contributed by atoms with Gasteiger partial charge in [-0.2, -0.15) is 0 Å². The summed E-state index contributed by atoms with van der Waals surface area (Å²) in [6.07, 6.45) is 0. The molecule has 16 rings (SSSR count). The second-order valence-corrected chi connectivity index (χ2v) is 20.7. The molecule has 0 saturated carbocycles. The summed E-state index contributed by atoms with van der Waals surface area (Å²) in [6.45, 7) is 0. The molecule has 0 heterocycles. The van der Waals surface area contributed by atoms with Crippen molar-refractivity contribution >= 4 is 86.2 Å². The number of fused-ring (bicyclic) bond motifs is 2. The van der Waals surface area contributed by atoms with Crippen molar-refractivity contribution in [3.8, 4) is 77.9 Å². The van der Waals surface area contributed by atoms with Gasteiger partial charge in [0.1, 0.15) is 0 Å². The number of hydrogen-bond donors (Lipinski definition) is 0. The summed E-state index contributed by atoms with van der Waals surface area (Å²) in [7, 11) is 0. The molecule has 0 atom stereocenters. The zero-order valence-electron chi connectivity index (χ0n) is 41.6. The number of rotatable bonds is 7. The van der Waals surface area contributed by atoms with Gasteiger partial charge in [-0.3, -0.25) is 0 Å². The molecule has 0 spiro atoms. The van der Waals surface area contributed by atoms with E-state index in [1.807, 2.05) is 0 Å². The fourth-order valence-electron chi connectivity index (χ4n) is 12.8. The van der Waals surface area contributed by atoms with Crippen molar-refractivity contribution in [3.05, 3.63) is 279 Å². The van der Waals surface area contributed by atoms with Crippen molar-refractivity contribution in [2.75, 3.05) is 0 Å². The molecule has 0 fully saturated rings. The van der Waals surface area contributed by atoms with E-state index in [0.29, 0.717) is 0 Å². The van der Waals surface area contributed by atoms with Crippen LogP contribution in [0.5, 0.6) is 0 Å². The Morgan fingerprint density at radius 2 is 0.368 bits per heavy atom. The van der Waals surface area contributed by atoms with E-state index < -0.39 is 0 Å². The predicted octanol–water partition coefficient (Wildman–Crippen LogP) is 21.5. The summed E-state index contributed by atoms with van der Waals surface area (Å²) in [5, 5.41) is 20.6. The van der Waals surface area contributed by atoms with Gasteiger partial charge < -0.3 is 0 Å². The minimum Gasteiger partial charge on any atom is -0.0616 e. The Morgan fingerprint density at radius 3 is 0.684 bits per heavy atom. The Hall–Kier alpha value is -9.88. The summed E-state index contributed by atoms with van der Waals surface area (Å²) < 4.78 is 0. The first-order chi connectivity index (χ1) is 37.6. The van der Waals surface area contributed by atoms with Crippen molar-refractivity contribution in [2.45, 2.75) is 0 Å². The average molecular weight is 959 g/mol. The first-order valence-electron chi connectivity index (χ1n) is 26.5. The minimum atomic E-state index is 1.20. The number of hydrogen-bond acceptors (Lipinski definition) is 0. The van der Waals surface area contributed by atoms with Gasteiger partial charge in [0.25, 0.3) is 0 Å². The van der Waals surface area contributed by atoms with Crippen LogP contribution < -0.4 is 0 Å². The fraction of sp³-hybridized carbons (Fsp3) is 0. The lowest BCUT2D eigenvalue weighted by molar-refractivity contribution is 1.57. The maximum Gasteiger partial charge on any atom is -0.00203 e. The van der Waals surface area contributed by atoms with E-state index in [0.717, 1.165) is 0 Å². The SMILES string of the molecule is c1cc(-c2cccc(-c3cccc(-c4ccc5ccc6c(-c7ccc8ccccc8c7)ccc7ccc4c5c76)c3)c2)cc(-c2cccc(-c3ccc4ccc5c(-c6ccc7ccccc7c6)ccc6ccc3c4c65)c2)c1. The van der Waals surface area contributed by atoms with E-state index >= 15 is 0 Å². The Labute approximate surface area is 440 Å². The van der Waals surface area contributed by atoms with E-state index in [4.69, 9.17) is 0 Å². The smallest absolute Gasteiger partial charge is 0.00203 e. The molecule has 0 aliphatic heterocycles. The molecule has 0 aromatic heterocycles. The van der Waals surface area contributed by atoms with Crippen LogP contribution in [0, 0.1) is 0 Å². The predicted molar refractivity (Wildman–Crippen MR) is 327 cm³/mol. The van der Waals surface area contributed by atoms with Gasteiger partial charge in [-0.1, -0.05) is 243 Å². The maximum atomic E-state index is 2.37. The Balaban J connectivity index is 0.730. The molecule has 0 N–H and O–H groups in total. The molecular formula is C76H46. The molecular weight excluding hydrogens is 913 g/mol. The van der Waals surface area contributed by atoms with E-state index in [1.54, 1.807) is 0 Å². The van der Waals surface area contributed by atoms with E-state index in [-0.39, 0.29) is 0 Å². The average Bonchev–Trinajstić information content (AvgIpc) is 3.59. The van der Waals surface area contributed by atoms with Gasteiger partial charge in [0.2, 0.25) is 0 Å². The van der Waals surface area contributed by atoms with E-state index in [9.17, 15) is 0 Å². The highest BCUT2D eigenvalue weighted by Gasteiger charge is 2.18. The summed E-state index contributed by atoms with van der Waals surface area (Å²) in [6, 6.07) is 104. The van der Waals surface area contributed by atoms with Gasteiger partial charge in [0, 0.05) is 0 Å². The molecule has 76 heavy (non-hydrogen) atoms. The summed E-state index contributed by atoms with van der Waals surface area (Å²) >= 11 is 0. The molecule has 0 amide bonds. The molecule has 350 valence electrons. The van der Waals surface area contributed by atoms with Crippen LogP contribution in [0.15, 0.2) is 279 Å². The van der Waals surface area contributed by atoms with Crippen molar-refractivity contribution in [1.82, 2.24) is 0 Å². The second-order valence-electron chi connectivity index (χ2n) is 20.7. The summed E-state index contributed by atoms with van der Waals surface area (Å²) in [5.41, 5.74) is 17.1. The molecule has 16 aromatic carbocycles. The van der Waals surface area contributed by atoms with Crippen LogP contribution in [0.1, 0.15) is 0 Å². The third-order valence-electron chi connectivity index (χ3n) is 16.5. The molecule has 0 radical (unpaired) electrons. The van der Waals surface area contributed by atoms with Crippen LogP contribution in [0.2, 0.25) is 0 Å². The van der Waals surface area contributed by atoms with Crippen molar-refractivity contribution in [2.24, 2.45) is 0 Å². The van der Waals surface area contributed by atoms with Gasteiger partial charge in [0.05, 0.1) is 0 Å². The highest BCUT2D eigenvalue weighted by Crippen LogP contribution is 2.46. The molecule has 0 saturated heterocycles. The molecule has 0 bridgehead atoms. The van der Waals surface area contributed by atoms with E-state index in [1.165, 1.54) is 164 Å². The number of benzene rings is 16. The highest BCUT2D eigenvalue weighted by atomic mass is 14.2. The van der Waals surface area contributed by atoms with Crippen molar-refractivity contribution < 1.29 is 0 Å². The van der Waals surface area contributed by atoms with Crippen molar-refractivity contribution in [1.29, 1.82) is 0 Å². The van der Waals surface area contributed by atoms with Crippen LogP contribution >= 0.6 is 0 Å². The van der Waals surface area contributed by atoms with Gasteiger partial charge in [-0.05, 0) is 200 Å². The van der Waals surface area contributed by atoms with Crippen LogP contribution in [-0.2, 0) is 0 Å². The normalized spacial score (nSPS) is 11.9. The van der Waals surface area contributed by atoms with Gasteiger partial charge in [-0.25, -0.2) is 0 Å². The fourth-order valence-corrected chi connectivity index (χ4v) is 12.8. The largest absolute Gasteiger partial charge is 0.0616 e. The van der Waals surface area contributed by atoms with E-state index in [2.05, 4.69) is 279 Å². The molecule has 0 aliphatic carbocycles. The summed E-state index contributed by atoms with van der Waals surface area (Å²) in [5.74, 6) is 0. The maximum absolute atomic E-state index is 2.37. The van der Waals surface area contributed by atoms with Gasteiger partial charge in [-0.15, -0.1) is 0 Å². The molecule has 16 aromatic rings. The van der Waals surface area contributed by atoms with Crippen LogP contribution in [0.25, 0.3) is 164 Å². The van der Waals surface area contributed by atoms with Crippen LogP contribution in [-0.4, -0.2) is 0 Å². The molecule has 0 nitrogen and oxygen atoms in total. The van der Waals surface area contributed by atoms with Crippen molar-refractivity contribution in [3.63, 3.8) is 0 Å². The standard InChI is InChI=1S/C76H46/c1-3-11-53-43-63(23-21-47(53)9-1)67-35-27-51-29-37-69-65(33-25-49-31-39-71(67)75(51)73(49)69)61-19-7-17-59(45-61)57-15-5-13-55(41-57)56-14-6-16-58(42-56)60-18-8-20-62(46-60)66-34-26-50-32-40-72-68(36-28-52-30-38-70(66)74(50)76(52)72)64-24-22-48-10-2-4-12-54(48)44-64/h1-46H. The van der Waals surface area contributed by atoms with Gasteiger partial charge in [0.15, 0.2) is 0 Å². The third kappa shape index (κ3) is 6.78. The van der Waals surface area contributed by atoms with Crippen LogP contribution in [0.3, 0.4) is 0 Å². The first kappa shape index (κ1) is 42.6. The topological polar surface area (TPSA) is 0 Å². The lowest BCUT2D eigenvalue weighted by atomic mass is 9.86. The molecule has 0 unspecified atom stereocenters. The Morgan fingerprint density at radius 1 is 0.132 bits per heavy atom. The zero-order chi connectivity index (χ0) is 49.8.